The van der Waals surface area contributed by atoms with Gasteiger partial charge in [0.2, 0.25) is 0 Å². The van der Waals surface area contributed by atoms with Crippen LogP contribution in [0.15, 0.2) is 54.6 Å². The fourth-order valence-corrected chi connectivity index (χ4v) is 3.13. The zero-order chi connectivity index (χ0) is 16.2. The normalized spacial score (nSPS) is 12.3. The summed E-state index contributed by atoms with van der Waals surface area (Å²) in [5, 5.41) is 3.34. The first-order valence-electron chi connectivity index (χ1n) is 6.93. The third-order valence-corrected chi connectivity index (χ3v) is 4.15. The number of nitrogens with zero attached hydrogens (tertiary/aromatic N) is 1. The molecule has 4 rings (SSSR count). The Morgan fingerprint density at radius 1 is 0.826 bits per heavy atom. The molecule has 1 aromatic heterocycles. The van der Waals surface area contributed by atoms with Crippen LogP contribution in [0.3, 0.4) is 0 Å². The highest BCUT2D eigenvalue weighted by Crippen LogP contribution is 2.39. The van der Waals surface area contributed by atoms with E-state index in [2.05, 4.69) is 4.98 Å². The molecule has 4 aromatic rings. The van der Waals surface area contributed by atoms with Gasteiger partial charge in [-0.3, -0.25) is 0 Å². The van der Waals surface area contributed by atoms with Crippen LogP contribution in [0.1, 0.15) is 5.69 Å². The summed E-state index contributed by atoms with van der Waals surface area (Å²) in [4.78, 5) is 3.84. The third kappa shape index (κ3) is 2.21. The van der Waals surface area contributed by atoms with Gasteiger partial charge < -0.3 is 0 Å². The number of pyridine rings is 1. The highest BCUT2D eigenvalue weighted by atomic mass is 35.5. The van der Waals surface area contributed by atoms with Gasteiger partial charge in [-0.15, -0.1) is 0 Å². The minimum atomic E-state index is -4.52. The number of aromatic nitrogens is 1. The smallest absolute Gasteiger partial charge is 0.243 e. The molecule has 0 radical (unpaired) electrons. The second-order valence-corrected chi connectivity index (χ2v) is 5.77. The van der Waals surface area contributed by atoms with E-state index < -0.39 is 11.9 Å². The number of hydrogen-bond acceptors (Lipinski definition) is 1. The monoisotopic (exact) mass is 331 g/mol. The van der Waals surface area contributed by atoms with E-state index in [9.17, 15) is 13.2 Å². The van der Waals surface area contributed by atoms with Crippen molar-refractivity contribution < 1.29 is 13.2 Å². The van der Waals surface area contributed by atoms with E-state index in [4.69, 9.17) is 11.6 Å². The molecule has 0 aliphatic carbocycles. The van der Waals surface area contributed by atoms with Gasteiger partial charge in [-0.05, 0) is 29.0 Å². The lowest BCUT2D eigenvalue weighted by Crippen LogP contribution is -2.09. The number of fused-ring (bicyclic) bond motifs is 5. The fourth-order valence-electron chi connectivity index (χ4n) is 2.96. The Labute approximate surface area is 134 Å². The summed E-state index contributed by atoms with van der Waals surface area (Å²) in [5.41, 5.74) is -0.585. The van der Waals surface area contributed by atoms with Gasteiger partial charge in [0.05, 0.1) is 5.52 Å². The largest absolute Gasteiger partial charge is 0.433 e. The molecule has 0 unspecified atom stereocenters. The average molecular weight is 332 g/mol. The van der Waals surface area contributed by atoms with Crippen LogP contribution in [0.2, 0.25) is 5.02 Å². The summed E-state index contributed by atoms with van der Waals surface area (Å²) >= 11 is 6.05. The molecule has 0 fully saturated rings. The molecule has 0 saturated carbocycles. The third-order valence-electron chi connectivity index (χ3n) is 3.91. The molecule has 3 aromatic carbocycles. The topological polar surface area (TPSA) is 12.9 Å². The summed E-state index contributed by atoms with van der Waals surface area (Å²) < 4.78 is 40.3. The number of rotatable bonds is 0. The van der Waals surface area contributed by atoms with Gasteiger partial charge in [-0.2, -0.15) is 13.2 Å². The Morgan fingerprint density at radius 2 is 1.61 bits per heavy atom. The number of hydrogen-bond donors (Lipinski definition) is 0. The quantitative estimate of drug-likeness (QED) is 0.349. The number of benzene rings is 3. The molecule has 5 heteroatoms. The minimum Gasteiger partial charge on any atom is -0.243 e. The average Bonchev–Trinajstić information content (AvgIpc) is 2.52. The van der Waals surface area contributed by atoms with E-state index in [1.54, 1.807) is 18.2 Å². The molecule has 114 valence electrons. The van der Waals surface area contributed by atoms with Crippen molar-refractivity contribution in [3.63, 3.8) is 0 Å². The minimum absolute atomic E-state index is 0.0889. The van der Waals surface area contributed by atoms with E-state index in [1.807, 2.05) is 24.3 Å². The molecule has 0 spiro atoms. The van der Waals surface area contributed by atoms with Crippen LogP contribution < -0.4 is 0 Å². The summed E-state index contributed by atoms with van der Waals surface area (Å²) in [6.45, 7) is 0. The van der Waals surface area contributed by atoms with Gasteiger partial charge in [0.15, 0.2) is 5.69 Å². The molecule has 1 nitrogen and oxygen atoms in total. The Morgan fingerprint density at radius 3 is 2.39 bits per heavy atom. The lowest BCUT2D eigenvalue weighted by molar-refractivity contribution is -0.139. The maximum atomic E-state index is 13.4. The Bertz CT molecular complexity index is 1070. The molecule has 0 aliphatic rings. The zero-order valence-corrected chi connectivity index (χ0v) is 12.4. The van der Waals surface area contributed by atoms with Gasteiger partial charge in [-0.25, -0.2) is 4.98 Å². The molecule has 0 amide bonds. The first kappa shape index (κ1) is 14.3. The standard InChI is InChI=1S/C18H9ClF3N/c19-11-6-8-15-14(9-11)16-12-4-2-1-3-10(12)5-7-13(16)17(23-15)18(20,21)22/h1-9H. The molecule has 0 saturated heterocycles. The van der Waals surface area contributed by atoms with E-state index in [0.29, 0.717) is 15.8 Å². The van der Waals surface area contributed by atoms with Gasteiger partial charge in [-0.1, -0.05) is 48.0 Å². The van der Waals surface area contributed by atoms with Gasteiger partial charge >= 0.3 is 6.18 Å². The van der Waals surface area contributed by atoms with Crippen LogP contribution in [0.25, 0.3) is 32.4 Å². The lowest BCUT2D eigenvalue weighted by atomic mass is 9.97. The Kier molecular flexibility index (Phi) is 3.00. The van der Waals surface area contributed by atoms with Crippen LogP contribution in [0.5, 0.6) is 0 Å². The zero-order valence-electron chi connectivity index (χ0n) is 11.7. The molecular weight excluding hydrogens is 323 g/mol. The number of halogens is 4. The van der Waals surface area contributed by atoms with Crippen molar-refractivity contribution >= 4 is 44.0 Å². The maximum absolute atomic E-state index is 13.4. The van der Waals surface area contributed by atoms with E-state index in [-0.39, 0.29) is 10.9 Å². The maximum Gasteiger partial charge on any atom is 0.433 e. The molecule has 0 atom stereocenters. The highest BCUT2D eigenvalue weighted by molar-refractivity contribution is 6.32. The molecule has 23 heavy (non-hydrogen) atoms. The SMILES string of the molecule is FC(F)(F)c1nc2ccc(Cl)cc2c2c1ccc1ccccc12. The second-order valence-electron chi connectivity index (χ2n) is 5.33. The van der Waals surface area contributed by atoms with Crippen LogP contribution in [0.4, 0.5) is 13.2 Å². The van der Waals surface area contributed by atoms with Crippen LogP contribution in [-0.2, 0) is 6.18 Å². The summed E-state index contributed by atoms with van der Waals surface area (Å²) in [6.07, 6.45) is -4.52. The highest BCUT2D eigenvalue weighted by Gasteiger charge is 2.35. The Balaban J connectivity index is 2.34. The van der Waals surface area contributed by atoms with E-state index >= 15 is 0 Å². The van der Waals surface area contributed by atoms with Crippen molar-refractivity contribution in [2.45, 2.75) is 6.18 Å². The number of alkyl halides is 3. The van der Waals surface area contributed by atoms with Crippen molar-refractivity contribution in [3.05, 3.63) is 65.3 Å². The molecular formula is C18H9ClF3N. The summed E-state index contributed by atoms with van der Waals surface area (Å²) in [5.74, 6) is 0. The van der Waals surface area contributed by atoms with Crippen LogP contribution in [-0.4, -0.2) is 4.98 Å². The molecule has 0 N–H and O–H groups in total. The lowest BCUT2D eigenvalue weighted by Gasteiger charge is -2.14. The molecule has 0 bridgehead atoms. The predicted molar refractivity (Wildman–Crippen MR) is 86.8 cm³/mol. The predicted octanol–water partition coefficient (Wildman–Crippen LogP) is 6.21. The molecule has 1 heterocycles. The van der Waals surface area contributed by atoms with Crippen LogP contribution in [0, 0.1) is 0 Å². The molecule has 0 aliphatic heterocycles. The van der Waals surface area contributed by atoms with Crippen molar-refractivity contribution in [1.29, 1.82) is 0 Å². The summed E-state index contributed by atoms with van der Waals surface area (Å²) in [6, 6.07) is 15.3. The van der Waals surface area contributed by atoms with E-state index in [1.165, 1.54) is 12.1 Å². The van der Waals surface area contributed by atoms with Crippen molar-refractivity contribution in [2.75, 3.05) is 0 Å². The van der Waals surface area contributed by atoms with Gasteiger partial charge in [0, 0.05) is 21.2 Å². The van der Waals surface area contributed by atoms with Crippen molar-refractivity contribution in [3.8, 4) is 0 Å². The fraction of sp³-hybridized carbons (Fsp3) is 0.0556. The van der Waals surface area contributed by atoms with Crippen molar-refractivity contribution in [2.24, 2.45) is 0 Å². The van der Waals surface area contributed by atoms with E-state index in [0.717, 1.165) is 10.8 Å². The van der Waals surface area contributed by atoms with Gasteiger partial charge in [0.25, 0.3) is 0 Å². The first-order chi connectivity index (χ1) is 10.9. The van der Waals surface area contributed by atoms with Crippen molar-refractivity contribution in [1.82, 2.24) is 4.98 Å². The first-order valence-corrected chi connectivity index (χ1v) is 7.31. The summed E-state index contributed by atoms with van der Waals surface area (Å²) in [7, 11) is 0. The van der Waals surface area contributed by atoms with Gasteiger partial charge in [0.1, 0.15) is 0 Å². The van der Waals surface area contributed by atoms with Crippen LogP contribution >= 0.6 is 11.6 Å². The Hall–Kier alpha value is -2.33. The second kappa shape index (κ2) is 4.83.